The van der Waals surface area contributed by atoms with Crippen molar-refractivity contribution in [3.05, 3.63) is 39.4 Å². The molecule has 0 aliphatic rings. The van der Waals surface area contributed by atoms with Crippen molar-refractivity contribution in [2.75, 3.05) is 0 Å². The summed E-state index contributed by atoms with van der Waals surface area (Å²) in [7, 11) is 0. The number of carbonyl (C=O) groups is 1. The van der Waals surface area contributed by atoms with E-state index in [9.17, 15) is 4.79 Å². The van der Waals surface area contributed by atoms with Gasteiger partial charge in [-0.1, -0.05) is 17.7 Å². The molecule has 0 fully saturated rings. The van der Waals surface area contributed by atoms with Crippen LogP contribution in [0.15, 0.2) is 12.1 Å². The maximum Gasteiger partial charge on any atom is 0.171 e. The summed E-state index contributed by atoms with van der Waals surface area (Å²) in [4.78, 5) is 16.8. The van der Waals surface area contributed by atoms with Crippen LogP contribution in [0.25, 0.3) is 10.6 Å². The number of Topliss-reactive ketones (excluding diaryl/α,β-unsaturated/α-hetero) is 1. The number of nitrogens with zero attached hydrogens (tertiary/aromatic N) is 1. The summed E-state index contributed by atoms with van der Waals surface area (Å²) in [5.74, 6) is 0.0960. The number of thiazole rings is 1. The maximum absolute atomic E-state index is 11.5. The molecular formula is C15H17NOS. The number of hydrogen-bond acceptors (Lipinski definition) is 3. The molecule has 2 nitrogen and oxygen atoms in total. The third kappa shape index (κ3) is 2.23. The van der Waals surface area contributed by atoms with Crippen molar-refractivity contribution in [1.29, 1.82) is 0 Å². The van der Waals surface area contributed by atoms with E-state index in [1.807, 2.05) is 6.92 Å². The van der Waals surface area contributed by atoms with Crippen molar-refractivity contribution < 1.29 is 4.79 Å². The third-order valence-corrected chi connectivity index (χ3v) is 4.28. The molecule has 1 aromatic heterocycles. The van der Waals surface area contributed by atoms with Crippen molar-refractivity contribution in [3.8, 4) is 10.6 Å². The first-order valence-corrected chi connectivity index (χ1v) is 6.78. The number of hydrogen-bond donors (Lipinski definition) is 0. The zero-order valence-corrected chi connectivity index (χ0v) is 12.2. The van der Waals surface area contributed by atoms with Crippen LogP contribution >= 0.6 is 11.3 Å². The standard InChI is InChI=1S/C15H17NOS/c1-8-6-9(2)13(10(3)7-8)15-16-11(4)14(18-15)12(5)17/h6-7H,1-5H3. The van der Waals surface area contributed by atoms with E-state index in [1.54, 1.807) is 6.92 Å². The molecule has 0 unspecified atom stereocenters. The molecule has 0 bridgehead atoms. The van der Waals surface area contributed by atoms with E-state index < -0.39 is 0 Å². The van der Waals surface area contributed by atoms with E-state index >= 15 is 0 Å². The van der Waals surface area contributed by atoms with Crippen LogP contribution in [0.5, 0.6) is 0 Å². The predicted octanol–water partition coefficient (Wildman–Crippen LogP) is 4.25. The molecule has 1 heterocycles. The van der Waals surface area contributed by atoms with Crippen molar-refractivity contribution in [2.24, 2.45) is 0 Å². The van der Waals surface area contributed by atoms with Crippen molar-refractivity contribution in [2.45, 2.75) is 34.6 Å². The van der Waals surface area contributed by atoms with Gasteiger partial charge in [-0.05, 0) is 38.8 Å². The Kier molecular flexibility index (Phi) is 3.35. The highest BCUT2D eigenvalue weighted by atomic mass is 32.1. The first kappa shape index (κ1) is 13.0. The molecule has 0 saturated carbocycles. The minimum absolute atomic E-state index is 0.0960. The highest BCUT2D eigenvalue weighted by Gasteiger charge is 2.15. The lowest BCUT2D eigenvalue weighted by Gasteiger charge is -2.08. The summed E-state index contributed by atoms with van der Waals surface area (Å²) in [5.41, 5.74) is 5.70. The van der Waals surface area contributed by atoms with Gasteiger partial charge < -0.3 is 0 Å². The van der Waals surface area contributed by atoms with Gasteiger partial charge in [-0.3, -0.25) is 4.79 Å². The molecule has 0 aliphatic carbocycles. The van der Waals surface area contributed by atoms with Gasteiger partial charge in [-0.2, -0.15) is 0 Å². The molecule has 3 heteroatoms. The van der Waals surface area contributed by atoms with Gasteiger partial charge >= 0.3 is 0 Å². The quantitative estimate of drug-likeness (QED) is 0.755. The molecule has 0 aliphatic heterocycles. The summed E-state index contributed by atoms with van der Waals surface area (Å²) in [6.07, 6.45) is 0. The van der Waals surface area contributed by atoms with Gasteiger partial charge in [-0.25, -0.2) is 4.98 Å². The second kappa shape index (κ2) is 4.65. The SMILES string of the molecule is CC(=O)c1sc(-c2c(C)cc(C)cc2C)nc1C. The maximum atomic E-state index is 11.5. The topological polar surface area (TPSA) is 30.0 Å². The average molecular weight is 259 g/mol. The van der Waals surface area contributed by atoms with Gasteiger partial charge in [0.2, 0.25) is 0 Å². The largest absolute Gasteiger partial charge is 0.294 e. The second-order valence-electron chi connectivity index (χ2n) is 4.76. The summed E-state index contributed by atoms with van der Waals surface area (Å²) in [6, 6.07) is 4.32. The van der Waals surface area contributed by atoms with Gasteiger partial charge in [0.05, 0.1) is 10.6 Å². The summed E-state index contributed by atoms with van der Waals surface area (Å²) >= 11 is 1.49. The van der Waals surface area contributed by atoms with Crippen LogP contribution in [-0.4, -0.2) is 10.8 Å². The molecule has 18 heavy (non-hydrogen) atoms. The number of benzene rings is 1. The lowest BCUT2D eigenvalue weighted by atomic mass is 10.0. The van der Waals surface area contributed by atoms with Gasteiger partial charge in [-0.15, -0.1) is 11.3 Å². The number of aryl methyl sites for hydroxylation is 4. The first-order valence-electron chi connectivity index (χ1n) is 5.96. The smallest absolute Gasteiger partial charge is 0.171 e. The van der Waals surface area contributed by atoms with Crippen LogP contribution in [0.4, 0.5) is 0 Å². The summed E-state index contributed by atoms with van der Waals surface area (Å²) < 4.78 is 0. The Labute approximate surface area is 112 Å². The van der Waals surface area contributed by atoms with Crippen molar-refractivity contribution in [1.82, 2.24) is 4.98 Å². The van der Waals surface area contributed by atoms with Crippen LogP contribution in [0.1, 0.15) is 39.0 Å². The Bertz CT molecular complexity index is 602. The Balaban J connectivity index is 2.63. The molecule has 0 spiro atoms. The predicted molar refractivity (Wildman–Crippen MR) is 76.5 cm³/mol. The van der Waals surface area contributed by atoms with E-state index in [0.717, 1.165) is 15.6 Å². The zero-order valence-electron chi connectivity index (χ0n) is 11.4. The minimum atomic E-state index is 0.0960. The normalized spacial score (nSPS) is 10.7. The fraction of sp³-hybridized carbons (Fsp3) is 0.333. The number of rotatable bonds is 2. The van der Waals surface area contributed by atoms with Gasteiger partial charge in [0.1, 0.15) is 5.01 Å². The zero-order chi connectivity index (χ0) is 13.4. The van der Waals surface area contributed by atoms with Crippen LogP contribution in [-0.2, 0) is 0 Å². The average Bonchev–Trinajstić information content (AvgIpc) is 2.58. The molecule has 0 amide bonds. The molecule has 2 rings (SSSR count). The van der Waals surface area contributed by atoms with E-state index in [1.165, 1.54) is 33.6 Å². The molecule has 0 saturated heterocycles. The van der Waals surface area contributed by atoms with Gasteiger partial charge in [0, 0.05) is 12.5 Å². The fourth-order valence-corrected chi connectivity index (χ4v) is 3.48. The fourth-order valence-electron chi connectivity index (χ4n) is 2.35. The third-order valence-electron chi connectivity index (χ3n) is 3.01. The highest BCUT2D eigenvalue weighted by Crippen LogP contribution is 2.33. The Morgan fingerprint density at radius 2 is 1.67 bits per heavy atom. The minimum Gasteiger partial charge on any atom is -0.294 e. The van der Waals surface area contributed by atoms with Crippen molar-refractivity contribution >= 4 is 17.1 Å². The second-order valence-corrected chi connectivity index (χ2v) is 5.76. The molecular weight excluding hydrogens is 242 g/mol. The molecule has 2 aromatic rings. The van der Waals surface area contributed by atoms with E-state index in [-0.39, 0.29) is 5.78 Å². The molecule has 94 valence electrons. The summed E-state index contributed by atoms with van der Waals surface area (Å²) in [5, 5.41) is 0.952. The number of ketones is 1. The summed E-state index contributed by atoms with van der Waals surface area (Å²) in [6.45, 7) is 9.78. The first-order chi connectivity index (χ1) is 8.40. The Morgan fingerprint density at radius 3 is 2.11 bits per heavy atom. The van der Waals surface area contributed by atoms with Crippen LogP contribution in [0.3, 0.4) is 0 Å². The van der Waals surface area contributed by atoms with E-state index in [2.05, 4.69) is 37.9 Å². The van der Waals surface area contributed by atoms with Crippen LogP contribution < -0.4 is 0 Å². The molecule has 0 radical (unpaired) electrons. The van der Waals surface area contributed by atoms with E-state index in [0.29, 0.717) is 0 Å². The Hall–Kier alpha value is -1.48. The van der Waals surface area contributed by atoms with Crippen LogP contribution in [0, 0.1) is 27.7 Å². The van der Waals surface area contributed by atoms with Crippen LogP contribution in [0.2, 0.25) is 0 Å². The highest BCUT2D eigenvalue weighted by molar-refractivity contribution is 7.17. The monoisotopic (exact) mass is 259 g/mol. The number of carbonyl (C=O) groups excluding carboxylic acids is 1. The van der Waals surface area contributed by atoms with Gasteiger partial charge in [0.15, 0.2) is 5.78 Å². The van der Waals surface area contributed by atoms with Gasteiger partial charge in [0.25, 0.3) is 0 Å². The molecule has 1 aromatic carbocycles. The number of aromatic nitrogens is 1. The lowest BCUT2D eigenvalue weighted by Crippen LogP contribution is -1.90. The molecule has 0 N–H and O–H groups in total. The Morgan fingerprint density at radius 1 is 1.11 bits per heavy atom. The lowest BCUT2D eigenvalue weighted by molar-refractivity contribution is 0.102. The molecule has 0 atom stereocenters. The van der Waals surface area contributed by atoms with E-state index in [4.69, 9.17) is 0 Å². The van der Waals surface area contributed by atoms with Crippen molar-refractivity contribution in [3.63, 3.8) is 0 Å².